The second kappa shape index (κ2) is 8.71. The van der Waals surface area contributed by atoms with Gasteiger partial charge in [0.05, 0.1) is 0 Å². The van der Waals surface area contributed by atoms with E-state index in [4.69, 9.17) is 9.47 Å². The van der Waals surface area contributed by atoms with Crippen molar-refractivity contribution in [3.8, 4) is 5.75 Å². The predicted octanol–water partition coefficient (Wildman–Crippen LogP) is 4.14. The molecule has 4 rings (SSSR count). The summed E-state index contributed by atoms with van der Waals surface area (Å²) < 4.78 is 11.2. The highest BCUT2D eigenvalue weighted by Gasteiger charge is 2.19. The minimum Gasteiger partial charge on any atom is -0.489 e. The van der Waals surface area contributed by atoms with E-state index < -0.39 is 0 Å². The van der Waals surface area contributed by atoms with Gasteiger partial charge < -0.3 is 14.8 Å². The molecule has 2 N–H and O–H groups in total. The molecule has 1 aliphatic rings. The van der Waals surface area contributed by atoms with E-state index in [1.165, 1.54) is 0 Å². The van der Waals surface area contributed by atoms with Crippen LogP contribution in [0, 0.1) is 0 Å². The summed E-state index contributed by atoms with van der Waals surface area (Å²) in [5, 5.41) is 10.1. The number of nitrogens with zero attached hydrogens (tertiary/aromatic N) is 1. The third-order valence-electron chi connectivity index (χ3n) is 4.84. The van der Waals surface area contributed by atoms with E-state index in [9.17, 15) is 4.79 Å². The van der Waals surface area contributed by atoms with Crippen molar-refractivity contribution >= 4 is 11.7 Å². The molecule has 3 aromatic rings. The molecular weight excluding hydrogens is 354 g/mol. The Labute approximate surface area is 163 Å². The smallest absolute Gasteiger partial charge is 0.256 e. The van der Waals surface area contributed by atoms with E-state index in [1.54, 1.807) is 12.1 Å². The van der Waals surface area contributed by atoms with Crippen LogP contribution in [0.1, 0.15) is 40.4 Å². The lowest BCUT2D eigenvalue weighted by Gasteiger charge is -2.20. The first-order valence-electron chi connectivity index (χ1n) is 9.49. The molecule has 1 fully saturated rings. The zero-order valence-corrected chi connectivity index (χ0v) is 15.6. The number of carbonyl (C=O) groups excluding carboxylic acids is 1. The Morgan fingerprint density at radius 1 is 1.11 bits per heavy atom. The minimum absolute atomic E-state index is 0.213. The Balaban J connectivity index is 1.37. The topological polar surface area (TPSA) is 76.2 Å². The first-order chi connectivity index (χ1) is 13.8. The second-order valence-corrected chi connectivity index (χ2v) is 6.85. The number of hydrogen-bond acceptors (Lipinski definition) is 4. The molecule has 28 heavy (non-hydrogen) atoms. The molecule has 144 valence electrons. The van der Waals surface area contributed by atoms with Crippen LogP contribution in [0.15, 0.2) is 60.7 Å². The van der Waals surface area contributed by atoms with Crippen molar-refractivity contribution in [2.75, 3.05) is 18.5 Å². The minimum atomic E-state index is -0.213. The van der Waals surface area contributed by atoms with Gasteiger partial charge in [-0.15, -0.1) is 0 Å². The number of amides is 1. The van der Waals surface area contributed by atoms with E-state index >= 15 is 0 Å². The molecule has 6 heteroatoms. The van der Waals surface area contributed by atoms with Gasteiger partial charge in [-0.2, -0.15) is 5.10 Å². The molecule has 0 aliphatic carbocycles. The summed E-state index contributed by atoms with van der Waals surface area (Å²) in [5.41, 5.74) is 2.65. The molecule has 2 aromatic carbocycles. The number of carbonyl (C=O) groups is 1. The van der Waals surface area contributed by atoms with Crippen molar-refractivity contribution in [3.63, 3.8) is 0 Å². The third kappa shape index (κ3) is 4.58. The molecule has 6 nitrogen and oxygen atoms in total. The summed E-state index contributed by atoms with van der Waals surface area (Å²) in [6.45, 7) is 1.99. The Morgan fingerprint density at radius 2 is 1.93 bits per heavy atom. The van der Waals surface area contributed by atoms with Crippen LogP contribution in [0.4, 0.5) is 5.82 Å². The number of H-pyrrole nitrogens is 1. The summed E-state index contributed by atoms with van der Waals surface area (Å²) in [4.78, 5) is 12.6. The number of benzene rings is 2. The van der Waals surface area contributed by atoms with E-state index in [-0.39, 0.29) is 5.91 Å². The average Bonchev–Trinajstić information content (AvgIpc) is 3.22. The lowest BCUT2D eigenvalue weighted by molar-refractivity contribution is 0.0845. The fourth-order valence-electron chi connectivity index (χ4n) is 3.27. The van der Waals surface area contributed by atoms with Crippen molar-refractivity contribution in [1.29, 1.82) is 0 Å². The Morgan fingerprint density at radius 3 is 2.75 bits per heavy atom. The zero-order chi connectivity index (χ0) is 19.2. The van der Waals surface area contributed by atoms with Gasteiger partial charge >= 0.3 is 0 Å². The van der Waals surface area contributed by atoms with Crippen LogP contribution in [0.3, 0.4) is 0 Å². The molecule has 0 spiro atoms. The maximum absolute atomic E-state index is 12.6. The van der Waals surface area contributed by atoms with Crippen molar-refractivity contribution in [2.24, 2.45) is 0 Å². The third-order valence-corrected chi connectivity index (χ3v) is 4.84. The average molecular weight is 377 g/mol. The molecule has 1 saturated heterocycles. The highest BCUT2D eigenvalue weighted by atomic mass is 16.5. The number of rotatable bonds is 6. The van der Waals surface area contributed by atoms with Gasteiger partial charge in [-0.05, 0) is 36.6 Å². The number of aromatic nitrogens is 2. The molecule has 1 aromatic heterocycles. The van der Waals surface area contributed by atoms with Crippen molar-refractivity contribution in [1.82, 2.24) is 10.2 Å². The molecule has 1 aliphatic heterocycles. The summed E-state index contributed by atoms with van der Waals surface area (Å²) in [6, 6.07) is 19.0. The number of hydrogen-bond donors (Lipinski definition) is 2. The molecule has 0 radical (unpaired) electrons. The molecule has 0 unspecified atom stereocenters. The highest BCUT2D eigenvalue weighted by Crippen LogP contribution is 2.26. The second-order valence-electron chi connectivity index (χ2n) is 6.85. The van der Waals surface area contributed by atoms with E-state index in [1.807, 2.05) is 48.5 Å². The summed E-state index contributed by atoms with van der Waals surface area (Å²) in [7, 11) is 0. The molecule has 0 saturated carbocycles. The number of ether oxygens (including phenoxy) is 2. The number of anilines is 1. The largest absolute Gasteiger partial charge is 0.489 e. The van der Waals surface area contributed by atoms with Crippen LogP contribution in [-0.4, -0.2) is 29.3 Å². The standard InChI is InChI=1S/C22H23N3O3/c26-22(23-21-14-20(24-25-21)17-9-11-27-12-10-17)18-7-4-8-19(13-18)28-15-16-5-2-1-3-6-16/h1-8,13-14,17H,9-12,15H2,(H2,23,24,25,26). The summed E-state index contributed by atoms with van der Waals surface area (Å²) in [5.74, 6) is 1.38. The van der Waals surface area contributed by atoms with Gasteiger partial charge in [-0.1, -0.05) is 36.4 Å². The lowest BCUT2D eigenvalue weighted by atomic mass is 9.97. The quantitative estimate of drug-likeness (QED) is 0.677. The van der Waals surface area contributed by atoms with Gasteiger partial charge in [-0.25, -0.2) is 0 Å². The molecule has 2 heterocycles. The monoisotopic (exact) mass is 377 g/mol. The highest BCUT2D eigenvalue weighted by molar-refractivity contribution is 6.04. The van der Waals surface area contributed by atoms with Crippen molar-refractivity contribution < 1.29 is 14.3 Å². The van der Waals surface area contributed by atoms with E-state index in [0.717, 1.165) is 37.3 Å². The summed E-state index contributed by atoms with van der Waals surface area (Å²) in [6.07, 6.45) is 1.94. The lowest BCUT2D eigenvalue weighted by Crippen LogP contribution is -2.14. The van der Waals surface area contributed by atoms with Crippen LogP contribution >= 0.6 is 0 Å². The predicted molar refractivity (Wildman–Crippen MR) is 107 cm³/mol. The van der Waals surface area contributed by atoms with Crippen LogP contribution < -0.4 is 10.1 Å². The van der Waals surface area contributed by atoms with Crippen molar-refractivity contribution in [3.05, 3.63) is 77.5 Å². The Bertz CT molecular complexity index is 918. The SMILES string of the molecule is O=C(Nc1cc(C2CCOCC2)[nH]n1)c1cccc(OCc2ccccc2)c1. The van der Waals surface area contributed by atoms with E-state index in [2.05, 4.69) is 15.5 Å². The van der Waals surface area contributed by atoms with Gasteiger partial charge in [0.15, 0.2) is 5.82 Å². The fraction of sp³-hybridized carbons (Fsp3) is 0.273. The van der Waals surface area contributed by atoms with E-state index in [0.29, 0.717) is 29.7 Å². The first-order valence-corrected chi connectivity index (χ1v) is 9.49. The fourth-order valence-corrected chi connectivity index (χ4v) is 3.27. The first kappa shape index (κ1) is 18.3. The van der Waals surface area contributed by atoms with Crippen LogP contribution in [0.2, 0.25) is 0 Å². The Kier molecular flexibility index (Phi) is 5.68. The molecule has 0 bridgehead atoms. The molecule has 1 amide bonds. The number of aromatic amines is 1. The van der Waals surface area contributed by atoms with Gasteiger partial charge in [0.1, 0.15) is 12.4 Å². The van der Waals surface area contributed by atoms with Gasteiger partial charge in [0.25, 0.3) is 5.91 Å². The molecule has 0 atom stereocenters. The van der Waals surface area contributed by atoms with Crippen LogP contribution in [0.5, 0.6) is 5.75 Å². The number of nitrogens with one attached hydrogen (secondary N) is 2. The maximum atomic E-state index is 12.6. The summed E-state index contributed by atoms with van der Waals surface area (Å²) >= 11 is 0. The molecular formula is C22H23N3O3. The van der Waals surface area contributed by atoms with Gasteiger partial charge in [0.2, 0.25) is 0 Å². The van der Waals surface area contributed by atoms with Crippen molar-refractivity contribution in [2.45, 2.75) is 25.4 Å². The maximum Gasteiger partial charge on any atom is 0.256 e. The van der Waals surface area contributed by atoms with Crippen LogP contribution in [0.25, 0.3) is 0 Å². The zero-order valence-electron chi connectivity index (χ0n) is 15.6. The normalized spacial score (nSPS) is 14.6. The van der Waals surface area contributed by atoms with Gasteiger partial charge in [-0.3, -0.25) is 9.89 Å². The van der Waals surface area contributed by atoms with Gasteiger partial charge in [0, 0.05) is 36.5 Å². The van der Waals surface area contributed by atoms with Crippen LogP contribution in [-0.2, 0) is 11.3 Å². The Hall–Kier alpha value is -3.12.